The van der Waals surface area contributed by atoms with Gasteiger partial charge in [0.15, 0.2) is 0 Å². The van der Waals surface area contributed by atoms with Crippen LogP contribution < -0.4 is 15.4 Å². The largest absolute Gasteiger partial charge is 0.496 e. The molecule has 25 heavy (non-hydrogen) atoms. The topological polar surface area (TPSA) is 66.5 Å². The van der Waals surface area contributed by atoms with Crippen molar-refractivity contribution in [3.8, 4) is 5.75 Å². The van der Waals surface area contributed by atoms with Crippen LogP contribution in [0.15, 0.2) is 42.7 Å². The van der Waals surface area contributed by atoms with Crippen LogP contribution in [0, 0.1) is 0 Å². The van der Waals surface area contributed by atoms with E-state index < -0.39 is 0 Å². The van der Waals surface area contributed by atoms with Crippen LogP contribution in [0.25, 0.3) is 0 Å². The van der Waals surface area contributed by atoms with Gasteiger partial charge in [-0.3, -0.25) is 9.78 Å². The van der Waals surface area contributed by atoms with Crippen LogP contribution in [0.5, 0.6) is 5.75 Å². The second-order valence-corrected chi connectivity index (χ2v) is 6.01. The number of likely N-dealkylation sites (N-methyl/N-ethyl adjacent to an activating group) is 1. The van der Waals surface area contributed by atoms with E-state index in [4.69, 9.17) is 4.74 Å². The van der Waals surface area contributed by atoms with Crippen LogP contribution in [0.3, 0.4) is 0 Å². The van der Waals surface area contributed by atoms with E-state index in [0.29, 0.717) is 12.1 Å². The third-order valence-electron chi connectivity index (χ3n) is 3.76. The highest BCUT2D eigenvalue weighted by Gasteiger charge is 2.07. The fourth-order valence-electron chi connectivity index (χ4n) is 2.41. The van der Waals surface area contributed by atoms with E-state index in [-0.39, 0.29) is 5.91 Å². The number of pyridine rings is 1. The second-order valence-electron chi connectivity index (χ2n) is 6.01. The molecular weight excluding hydrogens is 316 g/mol. The summed E-state index contributed by atoms with van der Waals surface area (Å²) in [5.41, 5.74) is 2.53. The van der Waals surface area contributed by atoms with E-state index in [2.05, 4.69) is 15.6 Å². The molecule has 2 rings (SSSR count). The lowest BCUT2D eigenvalue weighted by molar-refractivity contribution is 0.0950. The average molecular weight is 342 g/mol. The molecule has 0 aliphatic rings. The summed E-state index contributed by atoms with van der Waals surface area (Å²) in [5, 5.41) is 6.20. The normalized spacial score (nSPS) is 10.6. The monoisotopic (exact) mass is 342 g/mol. The number of carbonyl (C=O) groups excluding carboxylic acids is 1. The molecule has 0 saturated heterocycles. The third-order valence-corrected chi connectivity index (χ3v) is 3.76. The van der Waals surface area contributed by atoms with Gasteiger partial charge in [-0.2, -0.15) is 0 Å². The first-order valence-corrected chi connectivity index (χ1v) is 8.34. The van der Waals surface area contributed by atoms with Crippen LogP contribution in [0.4, 0.5) is 5.69 Å². The maximum atomic E-state index is 12.1. The fourth-order valence-corrected chi connectivity index (χ4v) is 2.41. The molecule has 6 nitrogen and oxygen atoms in total. The highest BCUT2D eigenvalue weighted by molar-refractivity contribution is 5.94. The summed E-state index contributed by atoms with van der Waals surface area (Å²) in [6.07, 6.45) is 4.12. The molecule has 0 aliphatic carbocycles. The van der Waals surface area contributed by atoms with Crippen LogP contribution in [-0.4, -0.2) is 56.6 Å². The Morgan fingerprint density at radius 1 is 1.20 bits per heavy atom. The van der Waals surface area contributed by atoms with Gasteiger partial charge in [-0.25, -0.2) is 0 Å². The number of benzene rings is 1. The minimum absolute atomic E-state index is 0.109. The zero-order chi connectivity index (χ0) is 18.1. The molecule has 2 aromatic rings. The summed E-state index contributed by atoms with van der Waals surface area (Å²) in [5.74, 6) is 0.777. The van der Waals surface area contributed by atoms with E-state index in [1.807, 2.05) is 49.3 Å². The van der Waals surface area contributed by atoms with Crippen LogP contribution >= 0.6 is 0 Å². The Hall–Kier alpha value is -2.60. The van der Waals surface area contributed by atoms with E-state index >= 15 is 0 Å². The molecule has 0 spiro atoms. The first-order valence-electron chi connectivity index (χ1n) is 8.34. The van der Waals surface area contributed by atoms with Gasteiger partial charge in [-0.1, -0.05) is 18.2 Å². The lowest BCUT2D eigenvalue weighted by Gasteiger charge is -2.12. The minimum atomic E-state index is -0.109. The number of hydrogen-bond donors (Lipinski definition) is 2. The molecule has 0 atom stereocenters. The summed E-state index contributed by atoms with van der Waals surface area (Å²) in [4.78, 5) is 18.3. The van der Waals surface area contributed by atoms with Crippen molar-refractivity contribution in [2.45, 2.75) is 6.42 Å². The maximum absolute atomic E-state index is 12.1. The summed E-state index contributed by atoms with van der Waals surface area (Å²) < 4.78 is 5.36. The lowest BCUT2D eigenvalue weighted by Crippen LogP contribution is -2.31. The molecule has 0 aliphatic heterocycles. The number of anilines is 1. The molecule has 1 heterocycles. The molecule has 1 amide bonds. The Bertz CT molecular complexity index is 689. The number of nitrogens with zero attached hydrogens (tertiary/aromatic N) is 2. The van der Waals surface area contributed by atoms with Crippen molar-refractivity contribution in [3.05, 3.63) is 53.9 Å². The Labute approximate surface area is 149 Å². The molecular formula is C19H26N4O2. The van der Waals surface area contributed by atoms with Crippen molar-refractivity contribution in [2.75, 3.05) is 46.2 Å². The van der Waals surface area contributed by atoms with E-state index in [1.165, 1.54) is 0 Å². The molecule has 2 N–H and O–H groups in total. The number of rotatable bonds is 9. The number of para-hydroxylation sites is 1. The molecule has 1 aromatic heterocycles. The van der Waals surface area contributed by atoms with Gasteiger partial charge >= 0.3 is 0 Å². The van der Waals surface area contributed by atoms with Crippen LogP contribution in [-0.2, 0) is 6.42 Å². The number of methoxy groups -OCH3 is 1. The van der Waals surface area contributed by atoms with Gasteiger partial charge < -0.3 is 20.3 Å². The number of carbonyl (C=O) groups is 1. The second kappa shape index (κ2) is 9.64. The minimum Gasteiger partial charge on any atom is -0.496 e. The summed E-state index contributed by atoms with van der Waals surface area (Å²) in [6.45, 7) is 2.14. The number of aromatic nitrogens is 1. The lowest BCUT2D eigenvalue weighted by atomic mass is 10.1. The Morgan fingerprint density at radius 3 is 2.76 bits per heavy atom. The molecule has 0 bridgehead atoms. The predicted octanol–water partition coefficient (Wildman–Crippen LogP) is 2.04. The van der Waals surface area contributed by atoms with Crippen molar-refractivity contribution in [3.63, 3.8) is 0 Å². The van der Waals surface area contributed by atoms with Gasteiger partial charge in [0.1, 0.15) is 5.75 Å². The van der Waals surface area contributed by atoms with Crippen LogP contribution in [0.1, 0.15) is 15.9 Å². The number of nitrogens with one attached hydrogen (secondary N) is 2. The zero-order valence-electron chi connectivity index (χ0n) is 15.1. The van der Waals surface area contributed by atoms with Crippen molar-refractivity contribution in [2.24, 2.45) is 0 Å². The molecule has 6 heteroatoms. The molecule has 0 saturated carbocycles. The Morgan fingerprint density at radius 2 is 2.00 bits per heavy atom. The molecule has 0 unspecified atom stereocenters. The summed E-state index contributed by atoms with van der Waals surface area (Å²) in [6, 6.07) is 9.78. The highest BCUT2D eigenvalue weighted by Crippen LogP contribution is 2.18. The van der Waals surface area contributed by atoms with E-state index in [0.717, 1.165) is 36.5 Å². The van der Waals surface area contributed by atoms with E-state index in [9.17, 15) is 4.79 Å². The third kappa shape index (κ3) is 6.08. The average Bonchev–Trinajstić information content (AvgIpc) is 2.62. The first kappa shape index (κ1) is 18.7. The number of amides is 1. The highest BCUT2D eigenvalue weighted by atomic mass is 16.5. The van der Waals surface area contributed by atoms with Gasteiger partial charge in [0.25, 0.3) is 5.91 Å². The van der Waals surface area contributed by atoms with E-state index in [1.54, 1.807) is 19.5 Å². The molecule has 1 aromatic carbocycles. The summed E-state index contributed by atoms with van der Waals surface area (Å²) >= 11 is 0. The molecule has 0 radical (unpaired) electrons. The first-order chi connectivity index (χ1) is 12.1. The van der Waals surface area contributed by atoms with Crippen molar-refractivity contribution in [1.29, 1.82) is 0 Å². The van der Waals surface area contributed by atoms with Crippen molar-refractivity contribution in [1.82, 2.24) is 15.2 Å². The Balaban J connectivity index is 1.87. The van der Waals surface area contributed by atoms with Crippen molar-refractivity contribution >= 4 is 11.6 Å². The molecule has 0 fully saturated rings. The number of ether oxygens (including phenoxy) is 1. The fraction of sp³-hybridized carbons (Fsp3) is 0.368. The maximum Gasteiger partial charge on any atom is 0.252 e. The quantitative estimate of drug-likeness (QED) is 0.730. The summed E-state index contributed by atoms with van der Waals surface area (Å²) in [7, 11) is 5.62. The van der Waals surface area contributed by atoms with Gasteiger partial charge in [-0.15, -0.1) is 0 Å². The van der Waals surface area contributed by atoms with Gasteiger partial charge in [0.05, 0.1) is 18.4 Å². The molecule has 134 valence electrons. The van der Waals surface area contributed by atoms with Crippen LogP contribution in [0.2, 0.25) is 0 Å². The SMILES string of the molecule is COc1ccccc1CCNc1cncc(C(=O)NCCN(C)C)c1. The number of hydrogen-bond acceptors (Lipinski definition) is 5. The zero-order valence-corrected chi connectivity index (χ0v) is 15.1. The van der Waals surface area contributed by atoms with Gasteiger partial charge in [0.2, 0.25) is 0 Å². The Kier molecular flexibility index (Phi) is 7.22. The smallest absolute Gasteiger partial charge is 0.252 e. The van der Waals surface area contributed by atoms with Gasteiger partial charge in [-0.05, 0) is 38.2 Å². The van der Waals surface area contributed by atoms with Gasteiger partial charge in [0, 0.05) is 32.0 Å². The standard InChI is InChI=1S/C19H26N4O2/c1-23(2)11-10-22-19(24)16-12-17(14-20-13-16)21-9-8-15-6-4-5-7-18(15)25-3/h4-7,12-14,21H,8-11H2,1-3H3,(H,22,24). The predicted molar refractivity (Wildman–Crippen MR) is 100 cm³/mol. The van der Waals surface area contributed by atoms with Crippen molar-refractivity contribution < 1.29 is 9.53 Å².